The molecular weight excluding hydrogens is 801 g/mol. The normalized spacial score (nSPS) is 18.3. The highest BCUT2D eigenvalue weighted by atomic mass is 16.2. The Morgan fingerprint density at radius 1 is 0.778 bits per heavy atom. The number of likely N-dealkylation sites (tertiary alicyclic amines) is 1. The molecule has 1 saturated carbocycles. The van der Waals surface area contributed by atoms with Gasteiger partial charge in [-0.1, -0.05) is 113 Å². The van der Waals surface area contributed by atoms with Crippen LogP contribution in [0.15, 0.2) is 73.2 Å². The van der Waals surface area contributed by atoms with Crippen molar-refractivity contribution in [3.05, 3.63) is 90.0 Å². The fraction of sp³-hybridized carbons (Fsp3) is 0.553. The van der Waals surface area contributed by atoms with E-state index in [0.29, 0.717) is 63.9 Å². The predicted molar refractivity (Wildman–Crippen MR) is 240 cm³/mol. The number of nitrogens with one attached hydrogen (secondary N) is 4. The predicted octanol–water partition coefficient (Wildman–Crippen LogP) is 2.21. The molecule has 7 atom stereocenters. The molecule has 2 heterocycles. The Morgan fingerprint density at radius 3 is 2.08 bits per heavy atom. The van der Waals surface area contributed by atoms with Crippen molar-refractivity contribution in [2.24, 2.45) is 29.0 Å². The summed E-state index contributed by atoms with van der Waals surface area (Å²) >= 11 is 0. The Balaban J connectivity index is 1.31. The van der Waals surface area contributed by atoms with E-state index in [2.05, 4.69) is 26.3 Å². The number of aromatic nitrogens is 2. The fourth-order valence-electron chi connectivity index (χ4n) is 8.61. The first-order chi connectivity index (χ1) is 30.4. The quantitative estimate of drug-likeness (QED) is 0.0737. The van der Waals surface area contributed by atoms with Crippen molar-refractivity contribution in [3.8, 4) is 0 Å². The van der Waals surface area contributed by atoms with Crippen molar-refractivity contribution in [3.63, 3.8) is 0 Å². The van der Waals surface area contributed by atoms with E-state index in [1.807, 2.05) is 79.1 Å². The van der Waals surface area contributed by atoms with Crippen LogP contribution in [0.2, 0.25) is 0 Å². The maximum atomic E-state index is 14.4. The number of carbonyl (C=O) groups is 6. The first-order valence-electron chi connectivity index (χ1n) is 22.7. The number of nitrogens with two attached hydrogens (primary N) is 3. The molecule has 2 fully saturated rings. The molecular formula is C47H68N10O6. The lowest BCUT2D eigenvalue weighted by molar-refractivity contribution is -0.141. The second kappa shape index (κ2) is 24.3. The molecule has 2 aliphatic rings. The van der Waals surface area contributed by atoms with Gasteiger partial charge < -0.3 is 47.9 Å². The van der Waals surface area contributed by atoms with E-state index in [9.17, 15) is 28.8 Å². The molecule has 0 bridgehead atoms. The van der Waals surface area contributed by atoms with Gasteiger partial charge >= 0.3 is 0 Å². The number of hydrogen-bond donors (Lipinski definition) is 7. The Hall–Kier alpha value is -5.61. The molecule has 0 radical (unpaired) electrons. The van der Waals surface area contributed by atoms with Crippen LogP contribution in [0.3, 0.4) is 0 Å². The van der Waals surface area contributed by atoms with E-state index in [0.717, 1.165) is 43.2 Å². The molecule has 3 aromatic rings. The molecule has 1 aliphatic carbocycles. The first-order valence-corrected chi connectivity index (χ1v) is 22.7. The van der Waals surface area contributed by atoms with E-state index in [4.69, 9.17) is 17.2 Å². The van der Waals surface area contributed by atoms with Gasteiger partial charge in [0.15, 0.2) is 0 Å². The second-order valence-electron chi connectivity index (χ2n) is 17.3. The minimum Gasteiger partial charge on any atom is -0.368 e. The van der Waals surface area contributed by atoms with Crippen LogP contribution in [0, 0.1) is 11.8 Å². The smallest absolute Gasteiger partial charge is 0.243 e. The number of imidazole rings is 1. The summed E-state index contributed by atoms with van der Waals surface area (Å²) in [6, 6.07) is 13.1. The number of nitrogens with zero attached hydrogens (tertiary/aromatic N) is 3. The standard InChI is InChI=1S/C47H68N10O6/c1-3-31(2)41(55-44(60)39(26-33-17-9-5-10-18-33)53-45(61)40-22-14-24-57(40)47(63)36(49)21-13-23-48)46(62)54-38(25-32-15-7-4-8-16-32)43(59)52-37(42(50)58)27-35-29-56(30-51-35)28-34-19-11-6-12-20-34/h4,6-8,11-12,15-16,19-20,29-31,33,36-41H,3,5,9-10,13-14,17-18,21-28,48-49H2,1-2H3,(H2,50,58)(H,52,59)(H,53,61)(H,54,62)(H,55,60)/t31-,36-,37-,38+,39-,40+,41-/m0/s1. The molecule has 1 saturated heterocycles. The Morgan fingerprint density at radius 2 is 1.43 bits per heavy atom. The topological polar surface area (TPSA) is 250 Å². The summed E-state index contributed by atoms with van der Waals surface area (Å²) in [7, 11) is 0. The summed E-state index contributed by atoms with van der Waals surface area (Å²) < 4.78 is 1.88. The SMILES string of the molecule is CC[C@H](C)[C@H](NC(=O)[C@H](CC1CCCCC1)NC(=O)[C@H]1CCCN1C(=O)[C@@H](N)CCCN)C(=O)N[C@H](Cc1ccccc1)C(=O)N[C@@H](Cc1cn(Cc2ccccc2)cn1)C(N)=O. The first kappa shape index (κ1) is 48.4. The minimum atomic E-state index is -1.15. The van der Waals surface area contributed by atoms with Gasteiger partial charge in [-0.25, -0.2) is 4.98 Å². The van der Waals surface area contributed by atoms with Crippen molar-refractivity contribution in [2.45, 2.75) is 140 Å². The molecule has 5 rings (SSSR count). The van der Waals surface area contributed by atoms with Gasteiger partial charge in [0.25, 0.3) is 0 Å². The molecule has 1 aliphatic heterocycles. The molecule has 1 aromatic heterocycles. The van der Waals surface area contributed by atoms with Crippen LogP contribution in [0.4, 0.5) is 0 Å². The summed E-state index contributed by atoms with van der Waals surface area (Å²) in [6.45, 7) is 5.09. The van der Waals surface area contributed by atoms with Gasteiger partial charge in [0.2, 0.25) is 35.4 Å². The third kappa shape index (κ3) is 14.5. The average Bonchev–Trinajstić information content (AvgIpc) is 3.97. The number of hydrogen-bond acceptors (Lipinski definition) is 9. The summed E-state index contributed by atoms with van der Waals surface area (Å²) in [5, 5.41) is 11.6. The number of rotatable bonds is 23. The number of amides is 6. The van der Waals surface area contributed by atoms with Gasteiger partial charge in [-0.05, 0) is 61.6 Å². The van der Waals surface area contributed by atoms with E-state index < -0.39 is 65.8 Å². The third-order valence-electron chi connectivity index (χ3n) is 12.5. The highest BCUT2D eigenvalue weighted by Gasteiger charge is 2.39. The summed E-state index contributed by atoms with van der Waals surface area (Å²) in [4.78, 5) is 88.9. The van der Waals surface area contributed by atoms with Gasteiger partial charge in [-0.2, -0.15) is 0 Å². The van der Waals surface area contributed by atoms with Crippen LogP contribution >= 0.6 is 0 Å². The lowest BCUT2D eigenvalue weighted by atomic mass is 9.84. The van der Waals surface area contributed by atoms with Crippen molar-refractivity contribution in [1.29, 1.82) is 0 Å². The van der Waals surface area contributed by atoms with Gasteiger partial charge in [-0.15, -0.1) is 0 Å². The van der Waals surface area contributed by atoms with Crippen LogP contribution in [0.1, 0.15) is 101 Å². The van der Waals surface area contributed by atoms with Crippen molar-refractivity contribution < 1.29 is 28.8 Å². The minimum absolute atomic E-state index is 0.0301. The van der Waals surface area contributed by atoms with Crippen molar-refractivity contribution in [1.82, 2.24) is 35.7 Å². The molecule has 342 valence electrons. The maximum Gasteiger partial charge on any atom is 0.243 e. The van der Waals surface area contributed by atoms with E-state index >= 15 is 0 Å². The Bertz CT molecular complexity index is 1960. The summed E-state index contributed by atoms with van der Waals surface area (Å²) in [5.41, 5.74) is 20.0. The zero-order chi connectivity index (χ0) is 45.3. The number of carbonyl (C=O) groups excluding carboxylic acids is 6. The van der Waals surface area contributed by atoms with Crippen LogP contribution < -0.4 is 38.5 Å². The summed E-state index contributed by atoms with van der Waals surface area (Å²) in [5.74, 6) is -3.43. The molecule has 63 heavy (non-hydrogen) atoms. The molecule has 0 spiro atoms. The number of benzene rings is 2. The van der Waals surface area contributed by atoms with Crippen molar-refractivity contribution >= 4 is 35.4 Å². The zero-order valence-electron chi connectivity index (χ0n) is 36.9. The highest BCUT2D eigenvalue weighted by molar-refractivity contribution is 5.97. The summed E-state index contributed by atoms with van der Waals surface area (Å²) in [6.07, 6.45) is 11.5. The Kier molecular flexibility index (Phi) is 18.7. The van der Waals surface area contributed by atoms with Gasteiger partial charge in [0.05, 0.1) is 18.1 Å². The van der Waals surface area contributed by atoms with Crippen LogP contribution in [0.25, 0.3) is 0 Å². The Labute approximate surface area is 371 Å². The van der Waals surface area contributed by atoms with E-state index in [1.54, 1.807) is 12.5 Å². The fourth-order valence-corrected chi connectivity index (χ4v) is 8.61. The molecule has 0 unspecified atom stereocenters. The second-order valence-corrected chi connectivity index (χ2v) is 17.3. The van der Waals surface area contributed by atoms with Gasteiger partial charge in [0.1, 0.15) is 30.2 Å². The van der Waals surface area contributed by atoms with Gasteiger partial charge in [-0.3, -0.25) is 28.8 Å². The number of primary amides is 1. The largest absolute Gasteiger partial charge is 0.368 e. The van der Waals surface area contributed by atoms with Crippen LogP contribution in [0.5, 0.6) is 0 Å². The van der Waals surface area contributed by atoms with Gasteiger partial charge in [0, 0.05) is 32.1 Å². The lowest BCUT2D eigenvalue weighted by Gasteiger charge is -2.32. The molecule has 16 nitrogen and oxygen atoms in total. The van der Waals surface area contributed by atoms with E-state index in [-0.39, 0.29) is 30.6 Å². The highest BCUT2D eigenvalue weighted by Crippen LogP contribution is 2.28. The van der Waals surface area contributed by atoms with E-state index in [1.165, 1.54) is 4.90 Å². The zero-order valence-corrected chi connectivity index (χ0v) is 36.9. The molecule has 16 heteroatoms. The van der Waals surface area contributed by atoms with Crippen molar-refractivity contribution in [2.75, 3.05) is 13.1 Å². The monoisotopic (exact) mass is 869 g/mol. The molecule has 10 N–H and O–H groups in total. The van der Waals surface area contributed by atoms with Crippen LogP contribution in [-0.2, 0) is 48.2 Å². The maximum absolute atomic E-state index is 14.4. The van der Waals surface area contributed by atoms with Crippen LogP contribution in [-0.4, -0.2) is 99.2 Å². The third-order valence-corrected chi connectivity index (χ3v) is 12.5. The molecule has 2 aromatic carbocycles. The average molecular weight is 869 g/mol. The molecule has 6 amide bonds. The lowest BCUT2D eigenvalue weighted by Crippen LogP contribution is -2.61.